The lowest BCUT2D eigenvalue weighted by Crippen LogP contribution is -2.48. The van der Waals surface area contributed by atoms with Gasteiger partial charge in [0.2, 0.25) is 0 Å². The molecule has 0 aliphatic rings. The molecule has 2 N–H and O–H groups in total. The van der Waals surface area contributed by atoms with Crippen LogP contribution in [0.15, 0.2) is 18.2 Å². The van der Waals surface area contributed by atoms with Crippen LogP contribution in [0.5, 0.6) is 0 Å². The second-order valence-corrected chi connectivity index (χ2v) is 4.99. The fourth-order valence-corrected chi connectivity index (χ4v) is 1.75. The van der Waals surface area contributed by atoms with Crippen LogP contribution >= 0.6 is 23.2 Å². The van der Waals surface area contributed by atoms with Crippen LogP contribution < -0.4 is 5.32 Å². The van der Waals surface area contributed by atoms with Gasteiger partial charge in [-0.1, -0.05) is 30.1 Å². The van der Waals surface area contributed by atoms with Crippen molar-refractivity contribution in [2.75, 3.05) is 6.61 Å². The first-order valence-corrected chi connectivity index (χ1v) is 6.06. The molecular weight excluding hydrogens is 261 g/mol. The summed E-state index contributed by atoms with van der Waals surface area (Å²) in [5, 5.41) is 12.8. The van der Waals surface area contributed by atoms with E-state index in [9.17, 15) is 9.90 Å². The van der Waals surface area contributed by atoms with E-state index in [1.165, 1.54) is 6.07 Å². The predicted molar refractivity (Wildman–Crippen MR) is 69.7 cm³/mol. The van der Waals surface area contributed by atoms with Crippen LogP contribution in [0, 0.1) is 0 Å². The molecule has 0 spiro atoms. The number of halogens is 2. The van der Waals surface area contributed by atoms with E-state index in [-0.39, 0.29) is 12.5 Å². The molecule has 0 aliphatic heterocycles. The first kappa shape index (κ1) is 14.3. The third kappa shape index (κ3) is 3.60. The van der Waals surface area contributed by atoms with Crippen molar-refractivity contribution in [3.63, 3.8) is 0 Å². The molecule has 0 saturated carbocycles. The minimum Gasteiger partial charge on any atom is -0.394 e. The highest BCUT2D eigenvalue weighted by Crippen LogP contribution is 2.21. The van der Waals surface area contributed by atoms with Gasteiger partial charge in [0.15, 0.2) is 0 Å². The number of benzene rings is 1. The Morgan fingerprint density at radius 3 is 2.59 bits per heavy atom. The highest BCUT2D eigenvalue weighted by molar-refractivity contribution is 6.36. The number of hydrogen-bond donors (Lipinski definition) is 2. The predicted octanol–water partition coefficient (Wildman–Crippen LogP) is 2.88. The molecule has 0 saturated heterocycles. The molecule has 1 atom stereocenters. The molecule has 1 unspecified atom stereocenters. The molecule has 0 fully saturated rings. The first-order valence-electron chi connectivity index (χ1n) is 5.30. The summed E-state index contributed by atoms with van der Waals surface area (Å²) in [5.41, 5.74) is -0.288. The number of aliphatic hydroxyl groups is 1. The Morgan fingerprint density at radius 2 is 2.12 bits per heavy atom. The number of aliphatic hydroxyl groups excluding tert-OH is 1. The van der Waals surface area contributed by atoms with Crippen molar-refractivity contribution >= 4 is 29.1 Å². The van der Waals surface area contributed by atoms with Crippen molar-refractivity contribution < 1.29 is 9.90 Å². The van der Waals surface area contributed by atoms with Gasteiger partial charge in [-0.2, -0.15) is 0 Å². The molecule has 0 heterocycles. The zero-order valence-corrected chi connectivity index (χ0v) is 11.3. The first-order chi connectivity index (χ1) is 7.91. The van der Waals surface area contributed by atoms with Gasteiger partial charge < -0.3 is 10.4 Å². The Hall–Kier alpha value is -0.770. The smallest absolute Gasteiger partial charge is 0.253 e. The molecule has 0 aromatic heterocycles. The summed E-state index contributed by atoms with van der Waals surface area (Å²) in [4.78, 5) is 12.0. The van der Waals surface area contributed by atoms with Gasteiger partial charge in [0.25, 0.3) is 5.91 Å². The molecule has 1 amide bonds. The monoisotopic (exact) mass is 275 g/mol. The molecule has 0 radical (unpaired) electrons. The minimum atomic E-state index is -0.639. The van der Waals surface area contributed by atoms with Crippen LogP contribution in [0.2, 0.25) is 10.0 Å². The van der Waals surface area contributed by atoms with E-state index in [4.69, 9.17) is 23.2 Å². The van der Waals surface area contributed by atoms with Crippen molar-refractivity contribution in [1.82, 2.24) is 5.32 Å². The van der Waals surface area contributed by atoms with Gasteiger partial charge in [-0.15, -0.1) is 0 Å². The quantitative estimate of drug-likeness (QED) is 0.888. The fourth-order valence-electron chi connectivity index (χ4n) is 1.25. The van der Waals surface area contributed by atoms with Gasteiger partial charge in [0.1, 0.15) is 0 Å². The van der Waals surface area contributed by atoms with Crippen molar-refractivity contribution in [3.05, 3.63) is 33.8 Å². The lowest BCUT2D eigenvalue weighted by atomic mass is 9.99. The normalized spacial score (nSPS) is 14.2. The highest BCUT2D eigenvalue weighted by atomic mass is 35.5. The number of carbonyl (C=O) groups is 1. The minimum absolute atomic E-state index is 0.125. The summed E-state index contributed by atoms with van der Waals surface area (Å²) >= 11 is 11.7. The lowest BCUT2D eigenvalue weighted by molar-refractivity contribution is 0.0847. The average Bonchev–Trinajstić information content (AvgIpc) is 2.28. The summed E-state index contributed by atoms with van der Waals surface area (Å²) in [7, 11) is 0. The number of amides is 1. The number of rotatable bonds is 4. The van der Waals surface area contributed by atoms with Crippen molar-refractivity contribution in [3.8, 4) is 0 Å². The van der Waals surface area contributed by atoms with Gasteiger partial charge in [-0.25, -0.2) is 0 Å². The van der Waals surface area contributed by atoms with E-state index < -0.39 is 5.54 Å². The molecule has 1 aromatic rings. The largest absolute Gasteiger partial charge is 0.394 e. The molecule has 3 nitrogen and oxygen atoms in total. The third-order valence-electron chi connectivity index (χ3n) is 2.72. The summed E-state index contributed by atoms with van der Waals surface area (Å²) in [5.74, 6) is -0.315. The Labute approximate surface area is 111 Å². The highest BCUT2D eigenvalue weighted by Gasteiger charge is 2.24. The Kier molecular flexibility index (Phi) is 4.80. The summed E-state index contributed by atoms with van der Waals surface area (Å²) in [6.07, 6.45) is 0.625. The van der Waals surface area contributed by atoms with Crippen molar-refractivity contribution in [2.45, 2.75) is 25.8 Å². The van der Waals surface area contributed by atoms with E-state index in [1.54, 1.807) is 19.1 Å². The van der Waals surface area contributed by atoms with E-state index in [1.807, 2.05) is 6.92 Å². The zero-order chi connectivity index (χ0) is 13.1. The topological polar surface area (TPSA) is 49.3 Å². The third-order valence-corrected chi connectivity index (χ3v) is 3.27. The SMILES string of the molecule is CCC(C)(CO)NC(=O)c1ccc(Cl)cc1Cl. The number of nitrogens with one attached hydrogen (secondary N) is 1. The molecule has 0 bridgehead atoms. The van der Waals surface area contributed by atoms with E-state index in [0.29, 0.717) is 22.0 Å². The van der Waals surface area contributed by atoms with E-state index in [2.05, 4.69) is 5.32 Å². The molecule has 1 rings (SSSR count). The maximum Gasteiger partial charge on any atom is 0.253 e. The van der Waals surface area contributed by atoms with Crippen molar-refractivity contribution in [2.24, 2.45) is 0 Å². The summed E-state index contributed by atoms with van der Waals surface area (Å²) < 4.78 is 0. The maximum absolute atomic E-state index is 12.0. The Morgan fingerprint density at radius 1 is 1.47 bits per heavy atom. The lowest BCUT2D eigenvalue weighted by Gasteiger charge is -2.27. The fraction of sp³-hybridized carbons (Fsp3) is 0.417. The van der Waals surface area contributed by atoms with Gasteiger partial charge in [-0.05, 0) is 31.5 Å². The van der Waals surface area contributed by atoms with Crippen LogP contribution in [0.4, 0.5) is 0 Å². The summed E-state index contributed by atoms with van der Waals surface area (Å²) in [6, 6.07) is 4.68. The zero-order valence-electron chi connectivity index (χ0n) is 9.76. The van der Waals surface area contributed by atoms with Gasteiger partial charge in [0, 0.05) is 5.02 Å². The van der Waals surface area contributed by atoms with Crippen LogP contribution in [0.3, 0.4) is 0 Å². The standard InChI is InChI=1S/C12H15Cl2NO2/c1-3-12(2,7-16)15-11(17)9-5-4-8(13)6-10(9)14/h4-6,16H,3,7H2,1-2H3,(H,15,17). The van der Waals surface area contributed by atoms with Crippen molar-refractivity contribution in [1.29, 1.82) is 0 Å². The second-order valence-electron chi connectivity index (χ2n) is 4.15. The van der Waals surface area contributed by atoms with Gasteiger partial charge in [-0.3, -0.25) is 4.79 Å². The number of carbonyl (C=O) groups excluding carboxylic acids is 1. The van der Waals surface area contributed by atoms with E-state index in [0.717, 1.165) is 0 Å². The molecular formula is C12H15Cl2NO2. The van der Waals surface area contributed by atoms with Crippen LogP contribution in [0.25, 0.3) is 0 Å². The number of hydrogen-bond acceptors (Lipinski definition) is 2. The molecule has 5 heteroatoms. The molecule has 1 aromatic carbocycles. The Balaban J connectivity index is 2.90. The second kappa shape index (κ2) is 5.71. The molecule has 0 aliphatic carbocycles. The van der Waals surface area contributed by atoms with Crippen LogP contribution in [0.1, 0.15) is 30.6 Å². The van der Waals surface area contributed by atoms with Gasteiger partial charge >= 0.3 is 0 Å². The van der Waals surface area contributed by atoms with Crippen LogP contribution in [-0.2, 0) is 0 Å². The molecule has 17 heavy (non-hydrogen) atoms. The summed E-state index contributed by atoms with van der Waals surface area (Å²) in [6.45, 7) is 3.54. The maximum atomic E-state index is 12.0. The molecule has 94 valence electrons. The Bertz CT molecular complexity index is 417. The van der Waals surface area contributed by atoms with Gasteiger partial charge in [0.05, 0.1) is 22.7 Å². The van der Waals surface area contributed by atoms with E-state index >= 15 is 0 Å². The average molecular weight is 276 g/mol. The van der Waals surface area contributed by atoms with Crippen LogP contribution in [-0.4, -0.2) is 23.2 Å².